The molecule has 5 nitrogen and oxygen atoms in total. The van der Waals surface area contributed by atoms with Crippen molar-refractivity contribution in [1.82, 2.24) is 14.9 Å². The molecule has 0 radical (unpaired) electrons. The first kappa shape index (κ1) is 14.2. The topological polar surface area (TPSA) is 55.3 Å². The summed E-state index contributed by atoms with van der Waals surface area (Å²) in [4.78, 5) is 23.1. The molecule has 1 amide bonds. The Morgan fingerprint density at radius 1 is 1.48 bits per heavy atom. The van der Waals surface area contributed by atoms with Crippen LogP contribution >= 0.6 is 11.3 Å². The van der Waals surface area contributed by atoms with E-state index in [1.807, 2.05) is 28.5 Å². The number of nitrogens with zero attached hydrogens (tertiary/aromatic N) is 3. The van der Waals surface area contributed by atoms with Gasteiger partial charge in [-0.2, -0.15) is 0 Å². The third kappa shape index (κ3) is 3.65. The largest absolute Gasteiger partial charge is 0.375 e. The quantitative estimate of drug-likeness (QED) is 0.867. The zero-order chi connectivity index (χ0) is 14.5. The number of rotatable bonds is 4. The number of morpholine rings is 1. The van der Waals surface area contributed by atoms with Gasteiger partial charge in [-0.15, -0.1) is 11.3 Å². The van der Waals surface area contributed by atoms with Crippen LogP contribution in [0.1, 0.15) is 21.8 Å². The number of carbonyl (C=O) groups is 1. The van der Waals surface area contributed by atoms with Crippen molar-refractivity contribution in [2.75, 3.05) is 19.7 Å². The van der Waals surface area contributed by atoms with Crippen LogP contribution in [0.4, 0.5) is 0 Å². The van der Waals surface area contributed by atoms with Crippen LogP contribution in [-0.2, 0) is 11.2 Å². The Morgan fingerprint density at radius 2 is 2.43 bits per heavy atom. The second-order valence-corrected chi connectivity index (χ2v) is 5.91. The van der Waals surface area contributed by atoms with Gasteiger partial charge >= 0.3 is 0 Å². The van der Waals surface area contributed by atoms with Crippen molar-refractivity contribution in [3.8, 4) is 0 Å². The van der Waals surface area contributed by atoms with Gasteiger partial charge in [-0.25, -0.2) is 9.97 Å². The highest BCUT2D eigenvalue weighted by atomic mass is 32.1. The predicted octanol–water partition coefficient (Wildman–Crippen LogP) is 2.01. The Morgan fingerprint density at radius 3 is 3.19 bits per heavy atom. The fourth-order valence-corrected chi connectivity index (χ4v) is 3.10. The van der Waals surface area contributed by atoms with E-state index in [2.05, 4.69) is 9.97 Å². The van der Waals surface area contributed by atoms with Crippen molar-refractivity contribution in [2.24, 2.45) is 0 Å². The highest BCUT2D eigenvalue weighted by Gasteiger charge is 2.25. The summed E-state index contributed by atoms with van der Waals surface area (Å²) in [5.74, 6) is 0.111. The molecule has 0 aliphatic carbocycles. The molecule has 0 saturated carbocycles. The summed E-state index contributed by atoms with van der Waals surface area (Å²) < 4.78 is 5.76. The first-order valence-electron chi connectivity index (χ1n) is 7.02. The number of carbonyl (C=O) groups excluding carboxylic acids is 1. The minimum absolute atomic E-state index is 0.0811. The van der Waals surface area contributed by atoms with Crippen LogP contribution in [0.3, 0.4) is 0 Å². The Labute approximate surface area is 127 Å². The average molecular weight is 303 g/mol. The van der Waals surface area contributed by atoms with Crippen molar-refractivity contribution < 1.29 is 9.53 Å². The summed E-state index contributed by atoms with van der Waals surface area (Å²) >= 11 is 1.49. The zero-order valence-corrected chi connectivity index (χ0v) is 12.5. The van der Waals surface area contributed by atoms with E-state index >= 15 is 0 Å². The summed E-state index contributed by atoms with van der Waals surface area (Å²) in [5, 5.41) is 1.93. The molecule has 0 spiro atoms. The SMILES string of the molecule is O=C(c1cccs1)N1CCO[C@H](CCc2ccncn2)C1. The van der Waals surface area contributed by atoms with Crippen LogP contribution in [0.2, 0.25) is 0 Å². The number of hydrogen-bond acceptors (Lipinski definition) is 5. The fraction of sp³-hybridized carbons (Fsp3) is 0.400. The summed E-state index contributed by atoms with van der Waals surface area (Å²) in [6, 6.07) is 5.70. The summed E-state index contributed by atoms with van der Waals surface area (Å²) in [5.41, 5.74) is 1.01. The Bertz CT molecular complexity index is 574. The van der Waals surface area contributed by atoms with E-state index in [1.54, 1.807) is 12.5 Å². The molecule has 0 aromatic carbocycles. The van der Waals surface area contributed by atoms with Crippen molar-refractivity contribution in [1.29, 1.82) is 0 Å². The van der Waals surface area contributed by atoms with Crippen LogP contribution in [0.15, 0.2) is 36.1 Å². The van der Waals surface area contributed by atoms with Gasteiger partial charge in [0.15, 0.2) is 0 Å². The first-order valence-corrected chi connectivity index (χ1v) is 7.90. The van der Waals surface area contributed by atoms with Crippen molar-refractivity contribution in [2.45, 2.75) is 18.9 Å². The summed E-state index contributed by atoms with van der Waals surface area (Å²) in [7, 11) is 0. The van der Waals surface area contributed by atoms with E-state index in [1.165, 1.54) is 11.3 Å². The van der Waals surface area contributed by atoms with Gasteiger partial charge in [-0.05, 0) is 30.4 Å². The maximum atomic E-state index is 12.3. The second-order valence-electron chi connectivity index (χ2n) is 4.96. The fourth-order valence-electron chi connectivity index (χ4n) is 2.41. The minimum atomic E-state index is 0.0811. The lowest BCUT2D eigenvalue weighted by Gasteiger charge is -2.32. The van der Waals surface area contributed by atoms with Gasteiger partial charge in [-0.1, -0.05) is 6.07 Å². The minimum Gasteiger partial charge on any atom is -0.375 e. The molecule has 1 aliphatic heterocycles. The van der Waals surface area contributed by atoms with Gasteiger partial charge in [-0.3, -0.25) is 4.79 Å². The van der Waals surface area contributed by atoms with E-state index in [0.29, 0.717) is 19.7 Å². The number of aromatic nitrogens is 2. The molecule has 3 heterocycles. The number of aryl methyl sites for hydroxylation is 1. The molecule has 21 heavy (non-hydrogen) atoms. The van der Waals surface area contributed by atoms with Crippen molar-refractivity contribution in [3.63, 3.8) is 0 Å². The van der Waals surface area contributed by atoms with Gasteiger partial charge in [0.05, 0.1) is 17.6 Å². The molecule has 110 valence electrons. The van der Waals surface area contributed by atoms with Crippen LogP contribution in [0.25, 0.3) is 0 Å². The van der Waals surface area contributed by atoms with E-state index in [4.69, 9.17) is 4.74 Å². The number of thiophene rings is 1. The highest BCUT2D eigenvalue weighted by Crippen LogP contribution is 2.17. The Balaban J connectivity index is 1.55. The Kier molecular flexibility index (Phi) is 4.57. The molecule has 1 saturated heterocycles. The van der Waals surface area contributed by atoms with E-state index in [-0.39, 0.29) is 12.0 Å². The third-order valence-corrected chi connectivity index (χ3v) is 4.38. The average Bonchev–Trinajstić information content (AvgIpc) is 3.08. The molecule has 0 unspecified atom stereocenters. The maximum absolute atomic E-state index is 12.3. The third-order valence-electron chi connectivity index (χ3n) is 3.52. The van der Waals surface area contributed by atoms with Gasteiger partial charge in [0.2, 0.25) is 0 Å². The maximum Gasteiger partial charge on any atom is 0.264 e. The summed E-state index contributed by atoms with van der Waals surface area (Å²) in [6.45, 7) is 1.92. The predicted molar refractivity (Wildman–Crippen MR) is 80.3 cm³/mol. The monoisotopic (exact) mass is 303 g/mol. The van der Waals surface area contributed by atoms with E-state index in [0.717, 1.165) is 23.4 Å². The molecule has 1 atom stereocenters. The normalized spacial score (nSPS) is 18.7. The first-order chi connectivity index (χ1) is 10.3. The molecule has 3 rings (SSSR count). The molecule has 0 bridgehead atoms. The lowest BCUT2D eigenvalue weighted by molar-refractivity contribution is -0.0245. The van der Waals surface area contributed by atoms with E-state index in [9.17, 15) is 4.79 Å². The van der Waals surface area contributed by atoms with Crippen molar-refractivity contribution in [3.05, 3.63) is 46.7 Å². The second kappa shape index (κ2) is 6.78. The van der Waals surface area contributed by atoms with Gasteiger partial charge in [0.25, 0.3) is 5.91 Å². The smallest absolute Gasteiger partial charge is 0.264 e. The molecule has 1 fully saturated rings. The van der Waals surface area contributed by atoms with Gasteiger partial charge < -0.3 is 9.64 Å². The molecule has 2 aromatic rings. The lowest BCUT2D eigenvalue weighted by Crippen LogP contribution is -2.45. The zero-order valence-electron chi connectivity index (χ0n) is 11.6. The molecule has 1 aliphatic rings. The molecular formula is C15H17N3O2S. The van der Waals surface area contributed by atoms with Crippen molar-refractivity contribution >= 4 is 17.2 Å². The summed E-state index contributed by atoms with van der Waals surface area (Å²) in [6.07, 6.45) is 5.09. The van der Waals surface area contributed by atoms with Gasteiger partial charge in [0.1, 0.15) is 6.33 Å². The van der Waals surface area contributed by atoms with Crippen LogP contribution in [-0.4, -0.2) is 46.6 Å². The molecular weight excluding hydrogens is 286 g/mol. The Hall–Kier alpha value is -1.79. The number of hydrogen-bond donors (Lipinski definition) is 0. The van der Waals surface area contributed by atoms with Gasteiger partial charge in [0, 0.05) is 25.0 Å². The standard InChI is InChI=1S/C15H17N3O2S/c19-15(14-2-1-9-21-14)18-7-8-20-13(10-18)4-3-12-5-6-16-11-17-12/h1-2,5-6,9,11,13H,3-4,7-8,10H2/t13-/m1/s1. The molecule has 2 aromatic heterocycles. The van der Waals surface area contributed by atoms with E-state index < -0.39 is 0 Å². The molecule has 6 heteroatoms. The van der Waals surface area contributed by atoms with Crippen LogP contribution in [0, 0.1) is 0 Å². The number of ether oxygens (including phenoxy) is 1. The van der Waals surface area contributed by atoms with Crippen LogP contribution < -0.4 is 0 Å². The lowest BCUT2D eigenvalue weighted by atomic mass is 10.1. The van der Waals surface area contributed by atoms with Crippen LogP contribution in [0.5, 0.6) is 0 Å². The number of amides is 1. The molecule has 0 N–H and O–H groups in total. The highest BCUT2D eigenvalue weighted by molar-refractivity contribution is 7.12.